The molecule has 1 aromatic heterocycles. The summed E-state index contributed by atoms with van der Waals surface area (Å²) in [7, 11) is 0. The number of carbonyl (C=O) groups excluding carboxylic acids is 2. The fourth-order valence-electron chi connectivity index (χ4n) is 4.43. The number of piperidine rings is 1. The molecular weight excluding hydrogens is 507 g/mol. The Morgan fingerprint density at radius 3 is 2.46 bits per heavy atom. The van der Waals surface area contributed by atoms with E-state index in [1.54, 1.807) is 24.3 Å². The normalized spacial score (nSPS) is 14.9. The van der Waals surface area contributed by atoms with E-state index >= 15 is 0 Å². The third-order valence-corrected chi connectivity index (χ3v) is 6.55. The van der Waals surface area contributed by atoms with E-state index < -0.39 is 11.9 Å². The van der Waals surface area contributed by atoms with Crippen LogP contribution in [0.4, 0.5) is 18.9 Å². The number of rotatable bonds is 7. The molecule has 1 aliphatic heterocycles. The molecule has 2 heterocycles. The SMILES string of the molecule is Cc1cc(CNC(=O)C2CCN(Cc3cccc(NC(=O)c4ccc(Cl)cc4)c3)CC2)c(C(F)(F)F)o1. The van der Waals surface area contributed by atoms with Crippen molar-refractivity contribution in [3.63, 3.8) is 0 Å². The van der Waals surface area contributed by atoms with Gasteiger partial charge in [-0.2, -0.15) is 13.2 Å². The number of carbonyl (C=O) groups is 2. The second kappa shape index (κ2) is 11.4. The summed E-state index contributed by atoms with van der Waals surface area (Å²) in [5, 5.41) is 6.08. The average molecular weight is 534 g/mol. The molecule has 0 bridgehead atoms. The van der Waals surface area contributed by atoms with Crippen LogP contribution < -0.4 is 10.6 Å². The number of alkyl halides is 3. The highest BCUT2D eigenvalue weighted by Gasteiger charge is 2.38. The number of furan rings is 1. The molecule has 0 spiro atoms. The molecule has 1 aliphatic rings. The molecule has 37 heavy (non-hydrogen) atoms. The van der Waals surface area contributed by atoms with E-state index in [0.717, 1.165) is 5.56 Å². The second-order valence-electron chi connectivity index (χ2n) is 9.14. The van der Waals surface area contributed by atoms with Crippen molar-refractivity contribution in [2.45, 2.75) is 39.0 Å². The molecule has 2 aromatic carbocycles. The lowest BCUT2D eigenvalue weighted by molar-refractivity contribution is -0.154. The number of nitrogens with zero attached hydrogens (tertiary/aromatic N) is 1. The smallest absolute Gasteiger partial charge is 0.449 e. The molecule has 2 amide bonds. The first kappa shape index (κ1) is 26.8. The fourth-order valence-corrected chi connectivity index (χ4v) is 4.55. The maximum absolute atomic E-state index is 13.1. The van der Waals surface area contributed by atoms with E-state index in [-0.39, 0.29) is 35.6 Å². The number of benzene rings is 2. The largest absolute Gasteiger partial charge is 0.456 e. The van der Waals surface area contributed by atoms with Gasteiger partial charge in [0.25, 0.3) is 5.91 Å². The van der Waals surface area contributed by atoms with Gasteiger partial charge < -0.3 is 15.1 Å². The van der Waals surface area contributed by atoms with Gasteiger partial charge in [0.2, 0.25) is 11.7 Å². The Morgan fingerprint density at radius 2 is 1.78 bits per heavy atom. The van der Waals surface area contributed by atoms with Gasteiger partial charge in [-0.1, -0.05) is 23.7 Å². The van der Waals surface area contributed by atoms with Gasteiger partial charge in [0.15, 0.2) is 0 Å². The summed E-state index contributed by atoms with van der Waals surface area (Å²) in [5.74, 6) is -1.65. The summed E-state index contributed by atoms with van der Waals surface area (Å²) in [6.45, 7) is 3.23. The number of anilines is 1. The van der Waals surface area contributed by atoms with Crippen LogP contribution in [-0.4, -0.2) is 29.8 Å². The molecular formula is C27H27ClF3N3O3. The fraction of sp³-hybridized carbons (Fsp3) is 0.333. The van der Waals surface area contributed by atoms with Crippen molar-refractivity contribution in [3.05, 3.63) is 87.8 Å². The van der Waals surface area contributed by atoms with Crippen LogP contribution in [0.15, 0.2) is 59.0 Å². The summed E-state index contributed by atoms with van der Waals surface area (Å²) in [5.41, 5.74) is 2.14. The molecule has 4 rings (SSSR count). The minimum Gasteiger partial charge on any atom is -0.456 e. The van der Waals surface area contributed by atoms with Crippen molar-refractivity contribution in [2.75, 3.05) is 18.4 Å². The Balaban J connectivity index is 1.26. The van der Waals surface area contributed by atoms with Crippen LogP contribution in [0.1, 0.15) is 45.8 Å². The highest BCUT2D eigenvalue weighted by molar-refractivity contribution is 6.30. The summed E-state index contributed by atoms with van der Waals surface area (Å²) in [6, 6.07) is 15.5. The standard InChI is InChI=1S/C27H27ClF3N3O3/c1-17-13-21(24(37-17)27(29,30)31)15-32-25(35)20-9-11-34(12-10-20)16-18-3-2-4-23(14-18)33-26(36)19-5-7-22(28)8-6-19/h2-8,13-14,20H,9-12,15-16H2,1H3,(H,32,35)(H,33,36). The van der Waals surface area contributed by atoms with Gasteiger partial charge in [-0.25, -0.2) is 0 Å². The van der Waals surface area contributed by atoms with E-state index in [2.05, 4.69) is 15.5 Å². The summed E-state index contributed by atoms with van der Waals surface area (Å²) < 4.78 is 44.1. The highest BCUT2D eigenvalue weighted by Crippen LogP contribution is 2.34. The molecule has 0 aliphatic carbocycles. The van der Waals surface area contributed by atoms with Crippen LogP contribution in [0.5, 0.6) is 0 Å². The van der Waals surface area contributed by atoms with Crippen molar-refractivity contribution < 1.29 is 27.2 Å². The van der Waals surface area contributed by atoms with Crippen LogP contribution in [0.25, 0.3) is 0 Å². The van der Waals surface area contributed by atoms with Crippen molar-refractivity contribution in [3.8, 4) is 0 Å². The van der Waals surface area contributed by atoms with E-state index in [0.29, 0.717) is 48.7 Å². The van der Waals surface area contributed by atoms with Crippen LogP contribution in [0, 0.1) is 12.8 Å². The first-order chi connectivity index (χ1) is 17.6. The molecule has 1 fully saturated rings. The Kier molecular flexibility index (Phi) is 8.24. The summed E-state index contributed by atoms with van der Waals surface area (Å²) in [6.07, 6.45) is -3.39. The number of aryl methyl sites for hydroxylation is 1. The number of nitrogens with one attached hydrogen (secondary N) is 2. The van der Waals surface area contributed by atoms with Crippen LogP contribution in [-0.2, 0) is 24.1 Å². The van der Waals surface area contributed by atoms with Gasteiger partial charge in [-0.15, -0.1) is 0 Å². The Bertz CT molecular complexity index is 1250. The molecule has 1 saturated heterocycles. The molecule has 2 N–H and O–H groups in total. The zero-order chi connectivity index (χ0) is 26.6. The van der Waals surface area contributed by atoms with E-state index in [1.165, 1.54) is 13.0 Å². The van der Waals surface area contributed by atoms with Gasteiger partial charge in [-0.3, -0.25) is 14.5 Å². The second-order valence-corrected chi connectivity index (χ2v) is 9.58. The zero-order valence-electron chi connectivity index (χ0n) is 20.2. The van der Waals surface area contributed by atoms with E-state index in [9.17, 15) is 22.8 Å². The predicted molar refractivity (Wildman–Crippen MR) is 134 cm³/mol. The van der Waals surface area contributed by atoms with E-state index in [4.69, 9.17) is 16.0 Å². The van der Waals surface area contributed by atoms with Crippen molar-refractivity contribution in [1.29, 1.82) is 0 Å². The molecule has 0 saturated carbocycles. The van der Waals surface area contributed by atoms with Crippen LogP contribution >= 0.6 is 11.6 Å². The van der Waals surface area contributed by atoms with Crippen molar-refractivity contribution >= 4 is 29.1 Å². The van der Waals surface area contributed by atoms with Gasteiger partial charge in [0.05, 0.1) is 0 Å². The maximum Gasteiger partial charge on any atom is 0.449 e. The van der Waals surface area contributed by atoms with Gasteiger partial charge in [0.1, 0.15) is 5.76 Å². The number of hydrogen-bond donors (Lipinski definition) is 2. The Hall–Kier alpha value is -3.30. The zero-order valence-corrected chi connectivity index (χ0v) is 21.0. The lowest BCUT2D eigenvalue weighted by Gasteiger charge is -2.31. The summed E-state index contributed by atoms with van der Waals surface area (Å²) in [4.78, 5) is 27.3. The number of halogens is 4. The Labute approximate surface area is 217 Å². The topological polar surface area (TPSA) is 74.6 Å². The molecule has 6 nitrogen and oxygen atoms in total. The number of likely N-dealkylation sites (tertiary alicyclic amines) is 1. The highest BCUT2D eigenvalue weighted by atomic mass is 35.5. The minimum absolute atomic E-state index is 0.0705. The van der Waals surface area contributed by atoms with Crippen LogP contribution in [0.2, 0.25) is 5.02 Å². The predicted octanol–water partition coefficient (Wildman–Crippen LogP) is 6.04. The van der Waals surface area contributed by atoms with Gasteiger partial charge >= 0.3 is 6.18 Å². The third-order valence-electron chi connectivity index (χ3n) is 6.30. The van der Waals surface area contributed by atoms with Gasteiger partial charge in [0, 0.05) is 40.8 Å². The lowest BCUT2D eigenvalue weighted by Crippen LogP contribution is -2.40. The molecule has 3 aromatic rings. The minimum atomic E-state index is -4.60. The first-order valence-corrected chi connectivity index (χ1v) is 12.3. The molecule has 0 radical (unpaired) electrons. The molecule has 0 atom stereocenters. The maximum atomic E-state index is 13.1. The molecule has 196 valence electrons. The quantitative estimate of drug-likeness (QED) is 0.388. The third kappa shape index (κ3) is 7.14. The van der Waals surface area contributed by atoms with Gasteiger partial charge in [-0.05, 0) is 80.9 Å². The molecule has 10 heteroatoms. The number of amides is 2. The average Bonchev–Trinajstić information content (AvgIpc) is 3.25. The number of hydrogen-bond acceptors (Lipinski definition) is 4. The summed E-state index contributed by atoms with van der Waals surface area (Å²) >= 11 is 5.88. The first-order valence-electron chi connectivity index (χ1n) is 11.9. The monoisotopic (exact) mass is 533 g/mol. The van der Waals surface area contributed by atoms with Crippen molar-refractivity contribution in [2.24, 2.45) is 5.92 Å². The van der Waals surface area contributed by atoms with E-state index in [1.807, 2.05) is 24.3 Å². The molecule has 0 unspecified atom stereocenters. The van der Waals surface area contributed by atoms with Crippen molar-refractivity contribution in [1.82, 2.24) is 10.2 Å². The van der Waals surface area contributed by atoms with Crippen LogP contribution in [0.3, 0.4) is 0 Å². The Morgan fingerprint density at radius 1 is 1.08 bits per heavy atom. The lowest BCUT2D eigenvalue weighted by atomic mass is 9.95.